The summed E-state index contributed by atoms with van der Waals surface area (Å²) in [5.41, 5.74) is 1.96. The molecule has 0 fully saturated rings. The zero-order valence-corrected chi connectivity index (χ0v) is 16.7. The lowest BCUT2D eigenvalue weighted by Gasteiger charge is -2.30. The van der Waals surface area contributed by atoms with E-state index in [1.54, 1.807) is 0 Å². The van der Waals surface area contributed by atoms with Crippen LogP contribution in [0.15, 0.2) is 36.9 Å². The fourth-order valence-corrected chi connectivity index (χ4v) is 2.68. The van der Waals surface area contributed by atoms with Crippen molar-refractivity contribution in [2.75, 3.05) is 13.6 Å². The quantitative estimate of drug-likeness (QED) is 0.420. The standard InChI is InChI=1S/C20H39N3O/c1-10-11-12-19(23-18(8)20(21-9)14(2)3)17(7)22-13-16(6)24-15(4)5/h14-15,19-23H,6-8,10-13H2,1-5,9H3. The van der Waals surface area contributed by atoms with Crippen LogP contribution in [0.3, 0.4) is 0 Å². The van der Waals surface area contributed by atoms with Crippen molar-refractivity contribution in [3.05, 3.63) is 36.9 Å². The number of ether oxygens (including phenoxy) is 1. The summed E-state index contributed by atoms with van der Waals surface area (Å²) < 4.78 is 5.58. The van der Waals surface area contributed by atoms with Crippen molar-refractivity contribution in [2.45, 2.75) is 72.1 Å². The fraction of sp³-hybridized carbons (Fsp3) is 0.700. The zero-order valence-electron chi connectivity index (χ0n) is 16.7. The van der Waals surface area contributed by atoms with Crippen LogP contribution in [0.25, 0.3) is 0 Å². The topological polar surface area (TPSA) is 45.3 Å². The summed E-state index contributed by atoms with van der Waals surface area (Å²) in [6.45, 7) is 23.5. The Bertz CT molecular complexity index is 402. The van der Waals surface area contributed by atoms with Crippen molar-refractivity contribution in [2.24, 2.45) is 5.92 Å². The van der Waals surface area contributed by atoms with Crippen LogP contribution in [-0.2, 0) is 4.74 Å². The molecule has 2 atom stereocenters. The molecule has 0 aliphatic rings. The lowest BCUT2D eigenvalue weighted by atomic mass is 9.99. The maximum atomic E-state index is 5.58. The summed E-state index contributed by atoms with van der Waals surface area (Å²) in [7, 11) is 1.97. The van der Waals surface area contributed by atoms with Crippen molar-refractivity contribution in [1.82, 2.24) is 16.0 Å². The zero-order chi connectivity index (χ0) is 18.7. The van der Waals surface area contributed by atoms with Gasteiger partial charge in [0.1, 0.15) is 5.76 Å². The number of unbranched alkanes of at least 4 members (excludes halogenated alkanes) is 1. The summed E-state index contributed by atoms with van der Waals surface area (Å²) in [6, 6.07) is 0.389. The number of hydrogen-bond donors (Lipinski definition) is 3. The first-order valence-corrected chi connectivity index (χ1v) is 9.12. The van der Waals surface area contributed by atoms with Gasteiger partial charge in [0.25, 0.3) is 0 Å². The molecule has 140 valence electrons. The van der Waals surface area contributed by atoms with Gasteiger partial charge in [-0.2, -0.15) is 0 Å². The molecule has 0 aliphatic heterocycles. The molecule has 4 nitrogen and oxygen atoms in total. The highest BCUT2D eigenvalue weighted by molar-refractivity contribution is 5.13. The smallest absolute Gasteiger partial charge is 0.108 e. The van der Waals surface area contributed by atoms with Crippen molar-refractivity contribution >= 4 is 0 Å². The number of hydrogen-bond acceptors (Lipinski definition) is 4. The van der Waals surface area contributed by atoms with Gasteiger partial charge in [-0.25, -0.2) is 0 Å². The van der Waals surface area contributed by atoms with Gasteiger partial charge in [-0.05, 0) is 33.2 Å². The van der Waals surface area contributed by atoms with Gasteiger partial charge < -0.3 is 20.7 Å². The maximum absolute atomic E-state index is 5.58. The molecule has 0 aromatic heterocycles. The molecule has 0 aromatic rings. The van der Waals surface area contributed by atoms with Crippen molar-refractivity contribution in [3.8, 4) is 0 Å². The van der Waals surface area contributed by atoms with E-state index in [1.807, 2.05) is 20.9 Å². The first-order chi connectivity index (χ1) is 11.2. The lowest BCUT2D eigenvalue weighted by Crippen LogP contribution is -2.44. The molecule has 0 heterocycles. The summed E-state index contributed by atoms with van der Waals surface area (Å²) in [4.78, 5) is 0. The third-order valence-electron chi connectivity index (χ3n) is 3.89. The van der Waals surface area contributed by atoms with E-state index in [0.717, 1.165) is 36.4 Å². The molecule has 3 N–H and O–H groups in total. The highest BCUT2D eigenvalue weighted by atomic mass is 16.5. The number of nitrogens with one attached hydrogen (secondary N) is 3. The Kier molecular flexibility index (Phi) is 11.3. The molecule has 4 heteroatoms. The van der Waals surface area contributed by atoms with Gasteiger partial charge in [0, 0.05) is 17.4 Å². The Balaban J connectivity index is 4.71. The predicted molar refractivity (Wildman–Crippen MR) is 106 cm³/mol. The van der Waals surface area contributed by atoms with Crippen molar-refractivity contribution in [1.29, 1.82) is 0 Å². The third kappa shape index (κ3) is 9.02. The van der Waals surface area contributed by atoms with Gasteiger partial charge >= 0.3 is 0 Å². The number of likely N-dealkylation sites (N-methyl/N-ethyl adjacent to an activating group) is 1. The summed E-state index contributed by atoms with van der Waals surface area (Å²) in [5.74, 6) is 1.21. The van der Waals surface area contributed by atoms with Crippen molar-refractivity contribution < 1.29 is 4.74 Å². The molecule has 0 aliphatic carbocycles. The second-order valence-electron chi connectivity index (χ2n) is 6.96. The van der Waals surface area contributed by atoms with E-state index in [1.165, 1.54) is 0 Å². The Hall–Kier alpha value is -1.42. The van der Waals surface area contributed by atoms with E-state index >= 15 is 0 Å². The first-order valence-electron chi connectivity index (χ1n) is 9.12. The minimum Gasteiger partial charge on any atom is -0.494 e. The van der Waals surface area contributed by atoms with Crippen LogP contribution >= 0.6 is 0 Å². The molecule has 0 saturated carbocycles. The average molecular weight is 338 g/mol. The molecule has 24 heavy (non-hydrogen) atoms. The molecule has 0 rings (SSSR count). The van der Waals surface area contributed by atoms with Crippen LogP contribution in [0.4, 0.5) is 0 Å². The molecule has 0 aromatic carbocycles. The van der Waals surface area contributed by atoms with E-state index in [2.05, 4.69) is 56.5 Å². The third-order valence-corrected chi connectivity index (χ3v) is 3.89. The minimum atomic E-state index is 0.142. The van der Waals surface area contributed by atoms with Crippen LogP contribution < -0.4 is 16.0 Å². The SMILES string of the molecule is C=C(CNC(=C)C(CCCC)NC(=C)C(NC)C(C)C)OC(C)C. The van der Waals surface area contributed by atoms with E-state index in [9.17, 15) is 0 Å². The van der Waals surface area contributed by atoms with Crippen LogP contribution in [0, 0.1) is 5.92 Å². The second kappa shape index (κ2) is 12.0. The largest absolute Gasteiger partial charge is 0.494 e. The van der Waals surface area contributed by atoms with E-state index in [-0.39, 0.29) is 18.2 Å². The molecule has 2 unspecified atom stereocenters. The van der Waals surface area contributed by atoms with Crippen LogP contribution in [0.2, 0.25) is 0 Å². The monoisotopic (exact) mass is 337 g/mol. The Labute approximate surface area is 149 Å². The highest BCUT2D eigenvalue weighted by Crippen LogP contribution is 2.14. The Morgan fingerprint density at radius 1 is 1.04 bits per heavy atom. The van der Waals surface area contributed by atoms with E-state index < -0.39 is 0 Å². The fourth-order valence-electron chi connectivity index (χ4n) is 2.68. The van der Waals surface area contributed by atoms with Gasteiger partial charge in [-0.1, -0.05) is 53.3 Å². The van der Waals surface area contributed by atoms with Gasteiger partial charge in [-0.15, -0.1) is 0 Å². The van der Waals surface area contributed by atoms with Gasteiger partial charge in [0.05, 0.1) is 18.7 Å². The van der Waals surface area contributed by atoms with E-state index in [0.29, 0.717) is 12.5 Å². The normalized spacial score (nSPS) is 13.5. The molecular formula is C20H39N3O. The number of rotatable bonds is 14. The summed E-state index contributed by atoms with van der Waals surface area (Å²) in [5, 5.41) is 10.2. The summed E-state index contributed by atoms with van der Waals surface area (Å²) >= 11 is 0. The Morgan fingerprint density at radius 2 is 1.67 bits per heavy atom. The second-order valence-corrected chi connectivity index (χ2v) is 6.96. The van der Waals surface area contributed by atoms with Crippen LogP contribution in [0.5, 0.6) is 0 Å². The predicted octanol–water partition coefficient (Wildman–Crippen LogP) is 3.93. The molecular weight excluding hydrogens is 298 g/mol. The van der Waals surface area contributed by atoms with Gasteiger partial charge in [0.15, 0.2) is 0 Å². The minimum absolute atomic E-state index is 0.142. The van der Waals surface area contributed by atoms with E-state index in [4.69, 9.17) is 4.74 Å². The highest BCUT2D eigenvalue weighted by Gasteiger charge is 2.19. The van der Waals surface area contributed by atoms with Crippen molar-refractivity contribution in [3.63, 3.8) is 0 Å². The maximum Gasteiger partial charge on any atom is 0.108 e. The first kappa shape index (κ1) is 22.6. The Morgan fingerprint density at radius 3 is 2.12 bits per heavy atom. The molecule has 0 amide bonds. The average Bonchev–Trinajstić information content (AvgIpc) is 2.48. The molecule has 0 radical (unpaired) electrons. The van der Waals surface area contributed by atoms with Crippen LogP contribution in [0.1, 0.15) is 53.9 Å². The van der Waals surface area contributed by atoms with Gasteiger partial charge in [-0.3, -0.25) is 0 Å². The summed E-state index contributed by atoms with van der Waals surface area (Å²) in [6.07, 6.45) is 3.46. The van der Waals surface area contributed by atoms with Crippen LogP contribution in [-0.4, -0.2) is 31.8 Å². The lowest BCUT2D eigenvalue weighted by molar-refractivity contribution is 0.144. The molecule has 0 bridgehead atoms. The molecule has 0 spiro atoms. The molecule has 0 saturated heterocycles. The van der Waals surface area contributed by atoms with Gasteiger partial charge in [0.2, 0.25) is 0 Å².